The Balaban J connectivity index is 2.93. The summed E-state index contributed by atoms with van der Waals surface area (Å²) >= 11 is 1.47. The van der Waals surface area contributed by atoms with E-state index in [0.29, 0.717) is 18.2 Å². The zero-order chi connectivity index (χ0) is 12.3. The largest absolute Gasteiger partial charge is 0.461 e. The third-order valence-electron chi connectivity index (χ3n) is 2.29. The Hall–Kier alpha value is -0.940. The first-order valence-electron chi connectivity index (χ1n) is 5.37. The summed E-state index contributed by atoms with van der Waals surface area (Å²) in [6.45, 7) is 8.07. The molecule has 0 saturated heterocycles. The first kappa shape index (κ1) is 13.1. The van der Waals surface area contributed by atoms with Crippen molar-refractivity contribution in [1.82, 2.24) is 4.98 Å². The van der Waals surface area contributed by atoms with E-state index in [2.05, 4.69) is 4.98 Å². The van der Waals surface area contributed by atoms with Gasteiger partial charge in [0.2, 0.25) is 0 Å². The first-order chi connectivity index (χ1) is 7.47. The molecule has 2 N–H and O–H groups in total. The van der Waals surface area contributed by atoms with Crippen molar-refractivity contribution >= 4 is 17.3 Å². The van der Waals surface area contributed by atoms with Gasteiger partial charge in [0.05, 0.1) is 12.6 Å². The highest BCUT2D eigenvalue weighted by Crippen LogP contribution is 2.26. The zero-order valence-electron chi connectivity index (χ0n) is 10.1. The van der Waals surface area contributed by atoms with E-state index in [1.165, 1.54) is 11.3 Å². The maximum atomic E-state index is 11.6. The lowest BCUT2D eigenvalue weighted by Gasteiger charge is -2.11. The van der Waals surface area contributed by atoms with Crippen LogP contribution in [0.4, 0.5) is 0 Å². The number of nitrogens with zero attached hydrogens (tertiary/aromatic N) is 1. The molecule has 0 bridgehead atoms. The van der Waals surface area contributed by atoms with Crippen molar-refractivity contribution in [1.29, 1.82) is 0 Å². The number of aryl methyl sites for hydroxylation is 1. The van der Waals surface area contributed by atoms with Crippen LogP contribution in [0.3, 0.4) is 0 Å². The number of hydrogen-bond acceptors (Lipinski definition) is 5. The van der Waals surface area contributed by atoms with Crippen LogP contribution in [-0.4, -0.2) is 17.6 Å². The summed E-state index contributed by atoms with van der Waals surface area (Å²) in [5, 5.41) is 0.801. The second-order valence-corrected chi connectivity index (χ2v) is 5.18. The van der Waals surface area contributed by atoms with Gasteiger partial charge in [0.25, 0.3) is 0 Å². The van der Waals surface area contributed by atoms with Gasteiger partial charge in [0.15, 0.2) is 5.69 Å². The minimum Gasteiger partial charge on any atom is -0.461 e. The van der Waals surface area contributed by atoms with E-state index >= 15 is 0 Å². The van der Waals surface area contributed by atoms with E-state index in [1.807, 2.05) is 20.8 Å². The molecular weight excluding hydrogens is 224 g/mol. The molecular formula is C11H18N2O2S. The molecule has 5 heteroatoms. The Morgan fingerprint density at radius 3 is 2.69 bits per heavy atom. The van der Waals surface area contributed by atoms with Gasteiger partial charge in [-0.1, -0.05) is 13.8 Å². The molecule has 0 spiro atoms. The van der Waals surface area contributed by atoms with Crippen molar-refractivity contribution < 1.29 is 9.53 Å². The van der Waals surface area contributed by atoms with Crippen LogP contribution >= 0.6 is 11.3 Å². The van der Waals surface area contributed by atoms with Crippen LogP contribution in [-0.2, 0) is 4.74 Å². The van der Waals surface area contributed by atoms with Gasteiger partial charge in [-0.15, -0.1) is 11.3 Å². The summed E-state index contributed by atoms with van der Waals surface area (Å²) in [6, 6.07) is -0.119. The molecule has 1 atom stereocenters. The minimum absolute atomic E-state index is 0.119. The molecule has 1 aromatic heterocycles. The summed E-state index contributed by atoms with van der Waals surface area (Å²) in [5.41, 5.74) is 6.39. The second kappa shape index (κ2) is 5.41. The SMILES string of the molecule is CCOC(=O)c1nc([C@H](N)C(C)C)sc1C. The van der Waals surface area contributed by atoms with Crippen molar-refractivity contribution in [2.75, 3.05) is 6.61 Å². The molecule has 0 aliphatic heterocycles. The highest BCUT2D eigenvalue weighted by atomic mass is 32.1. The Labute approximate surface area is 99.8 Å². The molecule has 0 saturated carbocycles. The maximum absolute atomic E-state index is 11.6. The maximum Gasteiger partial charge on any atom is 0.358 e. The fourth-order valence-electron chi connectivity index (χ4n) is 1.23. The lowest BCUT2D eigenvalue weighted by molar-refractivity contribution is 0.0519. The predicted octanol–water partition coefficient (Wildman–Crippen LogP) is 2.28. The summed E-state index contributed by atoms with van der Waals surface area (Å²) in [6.07, 6.45) is 0. The Morgan fingerprint density at radius 1 is 1.56 bits per heavy atom. The highest BCUT2D eigenvalue weighted by Gasteiger charge is 2.21. The minimum atomic E-state index is -0.363. The highest BCUT2D eigenvalue weighted by molar-refractivity contribution is 7.11. The van der Waals surface area contributed by atoms with Crippen molar-refractivity contribution in [3.63, 3.8) is 0 Å². The van der Waals surface area contributed by atoms with Crippen LogP contribution < -0.4 is 5.73 Å². The van der Waals surface area contributed by atoms with Crippen molar-refractivity contribution in [3.8, 4) is 0 Å². The lowest BCUT2D eigenvalue weighted by atomic mass is 10.1. The molecule has 0 amide bonds. The van der Waals surface area contributed by atoms with Crippen LogP contribution in [0.15, 0.2) is 0 Å². The third-order valence-corrected chi connectivity index (χ3v) is 3.36. The van der Waals surface area contributed by atoms with E-state index in [1.54, 1.807) is 6.92 Å². The van der Waals surface area contributed by atoms with Crippen LogP contribution in [0.1, 0.15) is 47.2 Å². The number of ether oxygens (including phenoxy) is 1. The standard InChI is InChI=1S/C11H18N2O2S/c1-5-15-11(14)9-7(4)16-10(13-9)8(12)6(2)3/h6,8H,5,12H2,1-4H3/t8-/m1/s1. The quantitative estimate of drug-likeness (QED) is 0.823. The van der Waals surface area contributed by atoms with Crippen molar-refractivity contribution in [2.45, 2.75) is 33.7 Å². The lowest BCUT2D eigenvalue weighted by Crippen LogP contribution is -2.17. The third kappa shape index (κ3) is 2.80. The van der Waals surface area contributed by atoms with Gasteiger partial charge in [0.1, 0.15) is 5.01 Å². The van der Waals surface area contributed by atoms with Crippen LogP contribution in [0.5, 0.6) is 0 Å². The summed E-state index contributed by atoms with van der Waals surface area (Å²) in [5.74, 6) is -0.0564. The number of carbonyl (C=O) groups excluding carboxylic acids is 1. The molecule has 0 radical (unpaired) electrons. The van der Waals surface area contributed by atoms with Gasteiger partial charge in [-0.25, -0.2) is 9.78 Å². The Kier molecular flexibility index (Phi) is 4.44. The van der Waals surface area contributed by atoms with Gasteiger partial charge in [0, 0.05) is 4.88 Å². The molecule has 1 heterocycles. The molecule has 0 aliphatic carbocycles. The average Bonchev–Trinajstić information content (AvgIpc) is 2.59. The summed E-state index contributed by atoms with van der Waals surface area (Å²) < 4.78 is 4.93. The molecule has 0 fully saturated rings. The number of esters is 1. The van der Waals surface area contributed by atoms with Gasteiger partial charge < -0.3 is 10.5 Å². The van der Waals surface area contributed by atoms with Crippen molar-refractivity contribution in [3.05, 3.63) is 15.6 Å². The smallest absolute Gasteiger partial charge is 0.358 e. The fourth-order valence-corrected chi connectivity index (χ4v) is 2.32. The number of rotatable bonds is 4. The fraction of sp³-hybridized carbons (Fsp3) is 0.636. The van der Waals surface area contributed by atoms with E-state index < -0.39 is 0 Å². The molecule has 90 valence electrons. The molecule has 1 rings (SSSR count). The zero-order valence-corrected chi connectivity index (χ0v) is 10.9. The van der Waals surface area contributed by atoms with E-state index in [-0.39, 0.29) is 12.0 Å². The summed E-state index contributed by atoms with van der Waals surface area (Å²) in [7, 11) is 0. The molecule has 0 aromatic carbocycles. The van der Waals surface area contributed by atoms with Gasteiger partial charge in [-0.2, -0.15) is 0 Å². The Morgan fingerprint density at radius 2 is 2.19 bits per heavy atom. The number of nitrogens with two attached hydrogens (primary N) is 1. The van der Waals surface area contributed by atoms with Crippen LogP contribution in [0.25, 0.3) is 0 Å². The molecule has 0 aliphatic rings. The monoisotopic (exact) mass is 242 g/mol. The van der Waals surface area contributed by atoms with Gasteiger partial charge in [-0.05, 0) is 19.8 Å². The van der Waals surface area contributed by atoms with Crippen molar-refractivity contribution in [2.24, 2.45) is 11.7 Å². The van der Waals surface area contributed by atoms with Gasteiger partial charge in [-0.3, -0.25) is 0 Å². The summed E-state index contributed by atoms with van der Waals surface area (Å²) in [4.78, 5) is 16.7. The first-order valence-corrected chi connectivity index (χ1v) is 6.19. The number of aromatic nitrogens is 1. The average molecular weight is 242 g/mol. The predicted molar refractivity (Wildman–Crippen MR) is 64.6 cm³/mol. The Bertz CT molecular complexity index is 374. The van der Waals surface area contributed by atoms with E-state index in [0.717, 1.165) is 9.88 Å². The number of thiazole rings is 1. The van der Waals surface area contributed by atoms with Gasteiger partial charge >= 0.3 is 5.97 Å². The number of carbonyl (C=O) groups is 1. The van der Waals surface area contributed by atoms with Crippen LogP contribution in [0.2, 0.25) is 0 Å². The normalized spacial score (nSPS) is 12.9. The van der Waals surface area contributed by atoms with Crippen LogP contribution in [0, 0.1) is 12.8 Å². The molecule has 0 unspecified atom stereocenters. The van der Waals surface area contributed by atoms with E-state index in [9.17, 15) is 4.79 Å². The molecule has 16 heavy (non-hydrogen) atoms. The van der Waals surface area contributed by atoms with E-state index in [4.69, 9.17) is 10.5 Å². The second-order valence-electron chi connectivity index (χ2n) is 3.95. The molecule has 4 nitrogen and oxygen atoms in total. The number of hydrogen-bond donors (Lipinski definition) is 1. The molecule has 1 aromatic rings. The topological polar surface area (TPSA) is 65.2 Å².